The number of phenolic OH excluding ortho intramolecular Hbond substituents is 1. The van der Waals surface area contributed by atoms with Crippen molar-refractivity contribution in [2.24, 2.45) is 0 Å². The molecule has 0 heterocycles. The van der Waals surface area contributed by atoms with Crippen LogP contribution in [-0.2, 0) is 4.79 Å². The molecular weight excluding hydrogens is 330 g/mol. The minimum atomic E-state index is -0.231. The highest BCUT2D eigenvalue weighted by Crippen LogP contribution is 2.35. The summed E-state index contributed by atoms with van der Waals surface area (Å²) in [6.45, 7) is 1.40. The van der Waals surface area contributed by atoms with Crippen LogP contribution in [-0.4, -0.2) is 23.9 Å². The first kappa shape index (κ1) is 17.6. The van der Waals surface area contributed by atoms with Crippen LogP contribution in [0, 0.1) is 0 Å². The molecule has 24 heavy (non-hydrogen) atoms. The summed E-state index contributed by atoms with van der Waals surface area (Å²) >= 11 is 5.91. The van der Waals surface area contributed by atoms with E-state index in [4.69, 9.17) is 16.3 Å². The molecule has 0 spiro atoms. The number of methoxy groups -OCH3 is 1. The minimum Gasteiger partial charge on any atom is -0.503 e. The van der Waals surface area contributed by atoms with Crippen molar-refractivity contribution in [2.45, 2.75) is 6.92 Å². The zero-order valence-electron chi connectivity index (χ0n) is 13.2. The van der Waals surface area contributed by atoms with E-state index in [0.29, 0.717) is 16.8 Å². The van der Waals surface area contributed by atoms with Crippen molar-refractivity contribution in [3.8, 4) is 11.5 Å². The highest BCUT2D eigenvalue weighted by Gasteiger charge is 2.08. The Balaban J connectivity index is 2.22. The third kappa shape index (κ3) is 4.36. The molecule has 0 saturated heterocycles. The van der Waals surface area contributed by atoms with Gasteiger partial charge in [0.15, 0.2) is 17.3 Å². The van der Waals surface area contributed by atoms with Gasteiger partial charge in [0.25, 0.3) is 0 Å². The molecule has 5 nitrogen and oxygen atoms in total. The second-order valence-electron chi connectivity index (χ2n) is 5.01. The number of benzene rings is 2. The molecule has 2 aromatic rings. The van der Waals surface area contributed by atoms with Crippen molar-refractivity contribution in [1.82, 2.24) is 0 Å². The Hall–Kier alpha value is -2.79. The fourth-order valence-electron chi connectivity index (χ4n) is 2.07. The summed E-state index contributed by atoms with van der Waals surface area (Å²) in [7, 11) is 1.41. The number of phenols is 1. The first-order valence-electron chi connectivity index (χ1n) is 7.07. The van der Waals surface area contributed by atoms with Gasteiger partial charge >= 0.3 is 0 Å². The number of ketones is 1. The minimum absolute atomic E-state index is 0.133. The SMILES string of the molecule is COc1cc(C=CC(=O)c2cccc(NC(C)=O)c2)cc(Cl)c1O. The van der Waals surface area contributed by atoms with Crippen molar-refractivity contribution >= 4 is 35.1 Å². The van der Waals surface area contributed by atoms with E-state index in [1.165, 1.54) is 26.2 Å². The van der Waals surface area contributed by atoms with E-state index < -0.39 is 0 Å². The molecule has 0 radical (unpaired) electrons. The van der Waals surface area contributed by atoms with Crippen LogP contribution in [0.4, 0.5) is 5.69 Å². The van der Waals surface area contributed by atoms with Gasteiger partial charge in [-0.15, -0.1) is 0 Å². The zero-order valence-corrected chi connectivity index (χ0v) is 13.9. The van der Waals surface area contributed by atoms with Gasteiger partial charge in [0.2, 0.25) is 5.91 Å². The van der Waals surface area contributed by atoms with Crippen molar-refractivity contribution in [2.75, 3.05) is 12.4 Å². The number of carbonyl (C=O) groups is 2. The fraction of sp³-hybridized carbons (Fsp3) is 0.111. The molecule has 0 aliphatic heterocycles. The van der Waals surface area contributed by atoms with E-state index in [2.05, 4.69) is 5.32 Å². The Morgan fingerprint density at radius 3 is 2.67 bits per heavy atom. The number of rotatable bonds is 5. The summed E-state index contributed by atoms with van der Waals surface area (Å²) in [5.74, 6) is -0.362. The van der Waals surface area contributed by atoms with Gasteiger partial charge in [-0.25, -0.2) is 0 Å². The lowest BCUT2D eigenvalue weighted by Gasteiger charge is -2.06. The van der Waals surface area contributed by atoms with E-state index in [9.17, 15) is 14.7 Å². The van der Waals surface area contributed by atoms with Gasteiger partial charge in [-0.3, -0.25) is 9.59 Å². The molecule has 0 aliphatic rings. The van der Waals surface area contributed by atoms with Crippen LogP contribution in [0.3, 0.4) is 0 Å². The van der Waals surface area contributed by atoms with Gasteiger partial charge in [-0.05, 0) is 35.9 Å². The van der Waals surface area contributed by atoms with Gasteiger partial charge in [0, 0.05) is 18.2 Å². The van der Waals surface area contributed by atoms with E-state index in [0.717, 1.165) is 0 Å². The van der Waals surface area contributed by atoms with Gasteiger partial charge in [-0.2, -0.15) is 0 Å². The molecule has 2 N–H and O–H groups in total. The molecule has 0 bridgehead atoms. The Bertz CT molecular complexity index is 815. The maximum absolute atomic E-state index is 12.2. The summed E-state index contributed by atoms with van der Waals surface area (Å²) in [5, 5.41) is 12.5. The number of hydrogen-bond acceptors (Lipinski definition) is 4. The van der Waals surface area contributed by atoms with Crippen molar-refractivity contribution < 1.29 is 19.4 Å². The summed E-state index contributed by atoms with van der Waals surface area (Å²) in [6, 6.07) is 9.73. The van der Waals surface area contributed by atoms with E-state index in [1.807, 2.05) is 0 Å². The molecule has 1 amide bonds. The monoisotopic (exact) mass is 345 g/mol. The van der Waals surface area contributed by atoms with E-state index in [1.54, 1.807) is 36.4 Å². The number of halogens is 1. The summed E-state index contributed by atoms with van der Waals surface area (Å²) < 4.78 is 5.02. The molecule has 124 valence electrons. The van der Waals surface area contributed by atoms with Crippen LogP contribution in [0.2, 0.25) is 5.02 Å². The Labute approximate surface area is 144 Å². The van der Waals surface area contributed by atoms with Crippen molar-refractivity contribution in [3.05, 3.63) is 58.6 Å². The standard InChI is InChI=1S/C18H16ClNO4/c1-11(21)20-14-5-3-4-13(10-14)16(22)7-6-12-8-15(19)18(23)17(9-12)24-2/h3-10,23H,1-2H3,(H,20,21). The molecule has 0 saturated carbocycles. The molecular formula is C18H16ClNO4. The predicted octanol–water partition coefficient (Wildman–Crippen LogP) is 3.91. The lowest BCUT2D eigenvalue weighted by atomic mass is 10.1. The fourth-order valence-corrected chi connectivity index (χ4v) is 2.29. The topological polar surface area (TPSA) is 75.6 Å². The number of allylic oxidation sites excluding steroid dienone is 1. The number of aromatic hydroxyl groups is 1. The van der Waals surface area contributed by atoms with E-state index in [-0.39, 0.29) is 28.2 Å². The van der Waals surface area contributed by atoms with Crippen LogP contribution in [0.5, 0.6) is 11.5 Å². The second kappa shape index (κ2) is 7.66. The lowest BCUT2D eigenvalue weighted by molar-refractivity contribution is -0.114. The molecule has 6 heteroatoms. The van der Waals surface area contributed by atoms with Gasteiger partial charge < -0.3 is 15.2 Å². The molecule has 2 rings (SSSR count). The maximum Gasteiger partial charge on any atom is 0.221 e. The zero-order chi connectivity index (χ0) is 17.7. The first-order chi connectivity index (χ1) is 11.4. The summed E-state index contributed by atoms with van der Waals surface area (Å²) in [5.41, 5.74) is 1.60. The number of amides is 1. The van der Waals surface area contributed by atoms with Gasteiger partial charge in [0.1, 0.15) is 0 Å². The Morgan fingerprint density at radius 2 is 2.00 bits per heavy atom. The van der Waals surface area contributed by atoms with E-state index >= 15 is 0 Å². The Kier molecular flexibility index (Phi) is 5.60. The number of ether oxygens (including phenoxy) is 1. The van der Waals surface area contributed by atoms with Crippen LogP contribution in [0.1, 0.15) is 22.8 Å². The number of carbonyl (C=O) groups excluding carboxylic acids is 2. The molecule has 0 fully saturated rings. The first-order valence-corrected chi connectivity index (χ1v) is 7.45. The number of anilines is 1. The maximum atomic E-state index is 12.2. The normalized spacial score (nSPS) is 10.6. The van der Waals surface area contributed by atoms with Crippen molar-refractivity contribution in [3.63, 3.8) is 0 Å². The van der Waals surface area contributed by atoms with Gasteiger partial charge in [0.05, 0.1) is 12.1 Å². The molecule has 0 aromatic heterocycles. The predicted molar refractivity (Wildman–Crippen MR) is 93.8 cm³/mol. The van der Waals surface area contributed by atoms with Crippen LogP contribution in [0.25, 0.3) is 6.08 Å². The summed E-state index contributed by atoms with van der Waals surface area (Å²) in [6.07, 6.45) is 2.95. The van der Waals surface area contributed by atoms with Crippen LogP contribution < -0.4 is 10.1 Å². The van der Waals surface area contributed by atoms with Gasteiger partial charge in [-0.1, -0.05) is 29.8 Å². The number of nitrogens with one attached hydrogen (secondary N) is 1. The third-order valence-corrected chi connectivity index (χ3v) is 3.45. The molecule has 0 atom stereocenters. The second-order valence-corrected chi connectivity index (χ2v) is 5.42. The van der Waals surface area contributed by atoms with Crippen LogP contribution >= 0.6 is 11.6 Å². The smallest absolute Gasteiger partial charge is 0.221 e. The van der Waals surface area contributed by atoms with Crippen LogP contribution in [0.15, 0.2) is 42.5 Å². The highest BCUT2D eigenvalue weighted by atomic mass is 35.5. The molecule has 0 unspecified atom stereocenters. The Morgan fingerprint density at radius 1 is 1.25 bits per heavy atom. The largest absolute Gasteiger partial charge is 0.503 e. The van der Waals surface area contributed by atoms with Crippen molar-refractivity contribution in [1.29, 1.82) is 0 Å². The third-order valence-electron chi connectivity index (χ3n) is 3.17. The molecule has 0 aliphatic carbocycles. The highest BCUT2D eigenvalue weighted by molar-refractivity contribution is 6.32. The number of hydrogen-bond donors (Lipinski definition) is 2. The average Bonchev–Trinajstić information content (AvgIpc) is 2.55. The molecule has 2 aromatic carbocycles. The summed E-state index contributed by atoms with van der Waals surface area (Å²) in [4.78, 5) is 23.3. The average molecular weight is 346 g/mol. The lowest BCUT2D eigenvalue weighted by Crippen LogP contribution is -2.06. The quantitative estimate of drug-likeness (QED) is 0.636.